The maximum Gasteiger partial charge on any atom is 0.322 e. The molecule has 0 saturated carbocycles. The lowest BCUT2D eigenvalue weighted by Gasteiger charge is -2.15. The number of rotatable bonds is 5. The van der Waals surface area contributed by atoms with Crippen molar-refractivity contribution in [3.05, 3.63) is 35.7 Å². The van der Waals surface area contributed by atoms with Gasteiger partial charge in [0.2, 0.25) is 11.8 Å². The van der Waals surface area contributed by atoms with Crippen LogP contribution in [0, 0.1) is 5.41 Å². The fourth-order valence-electron chi connectivity index (χ4n) is 1.90. The molecule has 7 nitrogen and oxygen atoms in total. The average molecular weight is 365 g/mol. The summed E-state index contributed by atoms with van der Waals surface area (Å²) < 4.78 is 29.6. The lowest BCUT2D eigenvalue weighted by Crippen LogP contribution is -2.27. The van der Waals surface area contributed by atoms with Crippen molar-refractivity contribution < 1.29 is 17.6 Å². The first-order chi connectivity index (χ1) is 11.5. The van der Waals surface area contributed by atoms with E-state index in [1.165, 1.54) is 0 Å². The summed E-state index contributed by atoms with van der Waals surface area (Å²) in [5, 5.41) is 9.80. The van der Waals surface area contributed by atoms with Crippen LogP contribution in [0.5, 0.6) is 0 Å². The van der Waals surface area contributed by atoms with Crippen molar-refractivity contribution in [3.63, 3.8) is 0 Å². The molecule has 136 valence electrons. The molecule has 25 heavy (non-hydrogen) atoms. The largest absolute Gasteiger partial charge is 0.407 e. The average Bonchev–Trinajstić information content (AvgIpc) is 2.93. The molecule has 0 aliphatic carbocycles. The summed E-state index contributed by atoms with van der Waals surface area (Å²) in [4.78, 5) is 12.2. The van der Waals surface area contributed by atoms with Crippen molar-refractivity contribution in [2.75, 3.05) is 5.32 Å². The number of carbonyl (C=O) groups excluding carboxylic acids is 1. The predicted molar refractivity (Wildman–Crippen MR) is 94.0 cm³/mol. The number of carbonyl (C=O) groups is 1. The second-order valence-electron chi connectivity index (χ2n) is 7.12. The summed E-state index contributed by atoms with van der Waals surface area (Å²) >= 11 is 0. The molecule has 2 rings (SSSR count). The SMILES string of the molecule is CC(C)S(=O)(=O)c1ccc(Cc2nnc(NC(=O)C(C)(C)C)o2)cc1. The van der Waals surface area contributed by atoms with Crippen molar-refractivity contribution in [2.24, 2.45) is 5.41 Å². The van der Waals surface area contributed by atoms with E-state index >= 15 is 0 Å². The standard InChI is InChI=1S/C17H23N3O4S/c1-11(2)25(22,23)13-8-6-12(7-9-13)10-14-19-20-16(24-14)18-15(21)17(3,4)5/h6-9,11H,10H2,1-5H3,(H,18,20,21). The van der Waals surface area contributed by atoms with Crippen LogP contribution in [-0.2, 0) is 21.1 Å². The van der Waals surface area contributed by atoms with E-state index in [0.29, 0.717) is 12.3 Å². The zero-order chi connectivity index (χ0) is 18.8. The summed E-state index contributed by atoms with van der Waals surface area (Å²) in [5.74, 6) is 0.120. The Balaban J connectivity index is 2.08. The van der Waals surface area contributed by atoms with E-state index in [4.69, 9.17) is 4.42 Å². The summed E-state index contributed by atoms with van der Waals surface area (Å²) in [5.41, 5.74) is 0.270. The van der Waals surface area contributed by atoms with Gasteiger partial charge < -0.3 is 4.42 Å². The molecule has 2 aromatic rings. The zero-order valence-corrected chi connectivity index (χ0v) is 15.8. The normalized spacial score (nSPS) is 12.4. The number of amides is 1. The molecule has 0 aliphatic rings. The molecule has 0 aliphatic heterocycles. The van der Waals surface area contributed by atoms with Gasteiger partial charge >= 0.3 is 6.01 Å². The van der Waals surface area contributed by atoms with Crippen LogP contribution < -0.4 is 5.32 Å². The molecule has 0 atom stereocenters. The van der Waals surface area contributed by atoms with E-state index < -0.39 is 20.5 Å². The second kappa shape index (κ2) is 6.95. The van der Waals surface area contributed by atoms with Crippen LogP contribution in [0.3, 0.4) is 0 Å². The number of nitrogens with one attached hydrogen (secondary N) is 1. The molecule has 1 amide bonds. The van der Waals surface area contributed by atoms with Crippen LogP contribution in [0.15, 0.2) is 33.6 Å². The highest BCUT2D eigenvalue weighted by atomic mass is 32.2. The lowest BCUT2D eigenvalue weighted by molar-refractivity contribution is -0.123. The van der Waals surface area contributed by atoms with Crippen molar-refractivity contribution in [1.29, 1.82) is 0 Å². The maximum absolute atomic E-state index is 12.1. The Bertz CT molecular complexity index is 847. The third kappa shape index (κ3) is 4.66. The highest BCUT2D eigenvalue weighted by Crippen LogP contribution is 2.19. The molecule has 0 bridgehead atoms. The molecule has 0 saturated heterocycles. The predicted octanol–water partition coefficient (Wildman–Crippen LogP) is 2.83. The molecule has 0 unspecified atom stereocenters. The van der Waals surface area contributed by atoms with Crippen LogP contribution in [0.25, 0.3) is 0 Å². The number of sulfone groups is 1. The smallest absolute Gasteiger partial charge is 0.322 e. The van der Waals surface area contributed by atoms with E-state index in [2.05, 4.69) is 15.5 Å². The van der Waals surface area contributed by atoms with Gasteiger partial charge in [0.15, 0.2) is 9.84 Å². The van der Waals surface area contributed by atoms with E-state index in [1.54, 1.807) is 58.9 Å². The Labute approximate surface area is 147 Å². The van der Waals surface area contributed by atoms with Crippen LogP contribution in [-0.4, -0.2) is 29.8 Å². The van der Waals surface area contributed by atoms with Gasteiger partial charge in [-0.15, -0.1) is 5.10 Å². The van der Waals surface area contributed by atoms with Gasteiger partial charge in [0, 0.05) is 5.41 Å². The number of hydrogen-bond acceptors (Lipinski definition) is 6. The van der Waals surface area contributed by atoms with Crippen LogP contribution in [0.1, 0.15) is 46.1 Å². The topological polar surface area (TPSA) is 102 Å². The highest BCUT2D eigenvalue weighted by molar-refractivity contribution is 7.92. The second-order valence-corrected chi connectivity index (χ2v) is 9.62. The quantitative estimate of drug-likeness (QED) is 0.874. The lowest BCUT2D eigenvalue weighted by atomic mass is 9.96. The highest BCUT2D eigenvalue weighted by Gasteiger charge is 2.23. The van der Waals surface area contributed by atoms with Crippen molar-refractivity contribution in [2.45, 2.75) is 51.2 Å². The molecule has 1 aromatic carbocycles. The number of anilines is 1. The number of nitrogens with zero attached hydrogens (tertiary/aromatic N) is 2. The van der Waals surface area contributed by atoms with E-state index in [-0.39, 0.29) is 16.8 Å². The first kappa shape index (κ1) is 19.1. The van der Waals surface area contributed by atoms with Gasteiger partial charge in [-0.25, -0.2) is 8.42 Å². The summed E-state index contributed by atoms with van der Waals surface area (Å²) in [6.07, 6.45) is 0.348. The van der Waals surface area contributed by atoms with Gasteiger partial charge in [0.25, 0.3) is 0 Å². The molecule has 0 radical (unpaired) electrons. The fourth-order valence-corrected chi connectivity index (χ4v) is 2.96. The first-order valence-corrected chi connectivity index (χ1v) is 9.51. The molecular formula is C17H23N3O4S. The monoisotopic (exact) mass is 365 g/mol. The minimum atomic E-state index is -3.29. The summed E-state index contributed by atoms with van der Waals surface area (Å²) in [6, 6.07) is 6.63. The Morgan fingerprint density at radius 1 is 1.16 bits per heavy atom. The Hall–Kier alpha value is -2.22. The van der Waals surface area contributed by atoms with Crippen LogP contribution >= 0.6 is 0 Å². The van der Waals surface area contributed by atoms with E-state index in [1.807, 2.05) is 0 Å². The van der Waals surface area contributed by atoms with Gasteiger partial charge in [0.05, 0.1) is 16.6 Å². The molecule has 0 spiro atoms. The molecular weight excluding hydrogens is 342 g/mol. The van der Waals surface area contributed by atoms with Gasteiger partial charge in [-0.2, -0.15) is 0 Å². The molecule has 1 heterocycles. The fraction of sp³-hybridized carbons (Fsp3) is 0.471. The van der Waals surface area contributed by atoms with E-state index in [0.717, 1.165) is 5.56 Å². The Morgan fingerprint density at radius 3 is 2.28 bits per heavy atom. The molecule has 8 heteroatoms. The third-order valence-corrected chi connectivity index (χ3v) is 5.77. The Morgan fingerprint density at radius 2 is 1.76 bits per heavy atom. The molecule has 1 aromatic heterocycles. The van der Waals surface area contributed by atoms with Gasteiger partial charge in [0.1, 0.15) is 0 Å². The number of hydrogen-bond donors (Lipinski definition) is 1. The third-order valence-electron chi connectivity index (χ3n) is 3.60. The van der Waals surface area contributed by atoms with Crippen molar-refractivity contribution in [3.8, 4) is 0 Å². The van der Waals surface area contributed by atoms with Gasteiger partial charge in [-0.1, -0.05) is 38.0 Å². The van der Waals surface area contributed by atoms with E-state index in [9.17, 15) is 13.2 Å². The summed E-state index contributed by atoms with van der Waals surface area (Å²) in [7, 11) is -3.29. The molecule has 1 N–H and O–H groups in total. The van der Waals surface area contributed by atoms with Crippen LogP contribution in [0.2, 0.25) is 0 Å². The molecule has 0 fully saturated rings. The van der Waals surface area contributed by atoms with Gasteiger partial charge in [-0.3, -0.25) is 10.1 Å². The number of benzene rings is 1. The maximum atomic E-state index is 12.1. The minimum Gasteiger partial charge on any atom is -0.407 e. The minimum absolute atomic E-state index is 0.0499. The first-order valence-electron chi connectivity index (χ1n) is 7.97. The van der Waals surface area contributed by atoms with Crippen molar-refractivity contribution >= 4 is 21.8 Å². The zero-order valence-electron chi connectivity index (χ0n) is 15.0. The van der Waals surface area contributed by atoms with Crippen molar-refractivity contribution in [1.82, 2.24) is 10.2 Å². The van der Waals surface area contributed by atoms with Crippen LogP contribution in [0.4, 0.5) is 6.01 Å². The summed E-state index contributed by atoms with van der Waals surface area (Å²) in [6.45, 7) is 8.65. The Kier molecular flexibility index (Phi) is 5.31. The number of aromatic nitrogens is 2. The van der Waals surface area contributed by atoms with Gasteiger partial charge in [-0.05, 0) is 31.5 Å².